The molecule has 0 saturated heterocycles. The van der Waals surface area contributed by atoms with Crippen molar-refractivity contribution in [3.05, 3.63) is 0 Å². The van der Waals surface area contributed by atoms with Gasteiger partial charge in [-0.05, 0) is 31.0 Å². The molecule has 0 aliphatic heterocycles. The molecule has 0 radical (unpaired) electrons. The van der Waals surface area contributed by atoms with Gasteiger partial charge in [0.1, 0.15) is 0 Å². The van der Waals surface area contributed by atoms with Crippen LogP contribution in [0.1, 0.15) is 67.7 Å². The first-order chi connectivity index (χ1) is 8.72. The SMILES string of the molecule is CC1(C)CCCC(C)(C)C1(C#N)O[Si](C)(C)C(C)(C)C. The fourth-order valence-corrected chi connectivity index (χ4v) is 5.05. The van der Waals surface area contributed by atoms with Crippen LogP contribution in [-0.2, 0) is 4.43 Å². The van der Waals surface area contributed by atoms with Crippen LogP contribution in [0.4, 0.5) is 0 Å². The largest absolute Gasteiger partial charge is 0.398 e. The number of hydrogen-bond donors (Lipinski definition) is 0. The predicted molar refractivity (Wildman–Crippen MR) is 88.0 cm³/mol. The normalized spacial score (nSPS) is 25.0. The highest BCUT2D eigenvalue weighted by Gasteiger charge is 2.61. The summed E-state index contributed by atoms with van der Waals surface area (Å²) in [4.78, 5) is 0. The van der Waals surface area contributed by atoms with E-state index >= 15 is 0 Å². The van der Waals surface area contributed by atoms with Gasteiger partial charge in [-0.2, -0.15) is 5.26 Å². The Bertz CT molecular complexity index is 394. The van der Waals surface area contributed by atoms with Crippen LogP contribution in [-0.4, -0.2) is 13.9 Å². The van der Waals surface area contributed by atoms with Crippen LogP contribution in [0.25, 0.3) is 0 Å². The van der Waals surface area contributed by atoms with Gasteiger partial charge in [0.25, 0.3) is 0 Å². The van der Waals surface area contributed by atoms with Gasteiger partial charge in [0, 0.05) is 10.8 Å². The molecule has 0 bridgehead atoms. The molecule has 0 amide bonds. The van der Waals surface area contributed by atoms with Gasteiger partial charge in [-0.1, -0.05) is 54.9 Å². The molecule has 20 heavy (non-hydrogen) atoms. The lowest BCUT2D eigenvalue weighted by Gasteiger charge is -2.58. The molecule has 0 aromatic carbocycles. The summed E-state index contributed by atoms with van der Waals surface area (Å²) in [6, 6.07) is 2.64. The van der Waals surface area contributed by atoms with Crippen molar-refractivity contribution in [1.82, 2.24) is 0 Å². The third kappa shape index (κ3) is 2.57. The molecule has 0 spiro atoms. The predicted octanol–water partition coefficient (Wildman–Crippen LogP) is 5.51. The summed E-state index contributed by atoms with van der Waals surface area (Å²) in [6.45, 7) is 20.1. The molecule has 0 aromatic heterocycles. The zero-order chi connectivity index (χ0) is 16.0. The Kier molecular flexibility index (Phi) is 4.29. The highest BCUT2D eigenvalue weighted by molar-refractivity contribution is 6.74. The van der Waals surface area contributed by atoms with E-state index in [0.29, 0.717) is 0 Å². The van der Waals surface area contributed by atoms with Crippen LogP contribution in [0.15, 0.2) is 0 Å². The third-order valence-corrected chi connectivity index (χ3v) is 10.3. The Morgan fingerprint density at radius 2 is 1.40 bits per heavy atom. The average molecular weight is 296 g/mol. The smallest absolute Gasteiger partial charge is 0.194 e. The van der Waals surface area contributed by atoms with Crippen LogP contribution in [0, 0.1) is 22.2 Å². The van der Waals surface area contributed by atoms with E-state index in [2.05, 4.69) is 67.6 Å². The molecule has 1 fully saturated rings. The van der Waals surface area contributed by atoms with Crippen LogP contribution in [0.3, 0.4) is 0 Å². The van der Waals surface area contributed by atoms with E-state index < -0.39 is 13.9 Å². The molecule has 0 atom stereocenters. The second-order valence-corrected chi connectivity index (χ2v) is 14.0. The third-order valence-electron chi connectivity index (χ3n) is 5.88. The fourth-order valence-electron chi connectivity index (χ4n) is 3.38. The minimum atomic E-state index is -1.99. The Morgan fingerprint density at radius 1 is 1.00 bits per heavy atom. The van der Waals surface area contributed by atoms with Crippen LogP contribution < -0.4 is 0 Å². The van der Waals surface area contributed by atoms with Crippen molar-refractivity contribution < 1.29 is 4.43 Å². The van der Waals surface area contributed by atoms with Crippen LogP contribution in [0.2, 0.25) is 18.1 Å². The van der Waals surface area contributed by atoms with Crippen molar-refractivity contribution >= 4 is 8.32 Å². The second-order valence-electron chi connectivity index (χ2n) is 9.28. The van der Waals surface area contributed by atoms with Crippen molar-refractivity contribution in [2.45, 2.75) is 91.5 Å². The van der Waals surface area contributed by atoms with Crippen LogP contribution >= 0.6 is 0 Å². The fraction of sp³-hybridized carbons (Fsp3) is 0.941. The van der Waals surface area contributed by atoms with E-state index in [1.54, 1.807) is 0 Å². The highest BCUT2D eigenvalue weighted by Crippen LogP contribution is 2.58. The number of rotatable bonds is 2. The van der Waals surface area contributed by atoms with E-state index in [1.807, 2.05) is 0 Å². The van der Waals surface area contributed by atoms with Crippen molar-refractivity contribution in [2.75, 3.05) is 0 Å². The quantitative estimate of drug-likeness (QED) is 0.629. The Morgan fingerprint density at radius 3 is 1.70 bits per heavy atom. The maximum Gasteiger partial charge on any atom is 0.194 e. The first-order valence-corrected chi connectivity index (χ1v) is 10.7. The standard InChI is InChI=1S/C17H33NOSi/c1-14(2,3)20(8,9)19-17(13-18)15(4,5)11-10-12-16(17,6)7/h10-12H2,1-9H3. The summed E-state index contributed by atoms with van der Waals surface area (Å²) in [5, 5.41) is 10.2. The maximum atomic E-state index is 10.1. The van der Waals surface area contributed by atoms with Crippen molar-refractivity contribution in [3.8, 4) is 6.07 Å². The van der Waals surface area contributed by atoms with E-state index in [9.17, 15) is 5.26 Å². The second kappa shape index (κ2) is 4.85. The van der Waals surface area contributed by atoms with E-state index in [0.717, 1.165) is 12.8 Å². The molecule has 1 aliphatic rings. The van der Waals surface area contributed by atoms with Gasteiger partial charge in [-0.3, -0.25) is 0 Å². The highest BCUT2D eigenvalue weighted by atomic mass is 28.4. The molecule has 3 heteroatoms. The lowest BCUT2D eigenvalue weighted by Crippen LogP contribution is -2.64. The number of nitrogens with zero attached hydrogens (tertiary/aromatic N) is 1. The van der Waals surface area contributed by atoms with Gasteiger partial charge in [-0.25, -0.2) is 0 Å². The Hall–Kier alpha value is -0.333. The van der Waals surface area contributed by atoms with Gasteiger partial charge >= 0.3 is 0 Å². The molecule has 2 nitrogen and oxygen atoms in total. The van der Waals surface area contributed by atoms with Crippen molar-refractivity contribution in [1.29, 1.82) is 5.26 Å². The summed E-state index contributed by atoms with van der Waals surface area (Å²) in [6.07, 6.45) is 3.32. The summed E-state index contributed by atoms with van der Waals surface area (Å²) in [5.41, 5.74) is -0.876. The minimum Gasteiger partial charge on any atom is -0.398 e. The Labute approximate surface area is 127 Å². The zero-order valence-corrected chi connectivity index (χ0v) is 16.0. The first-order valence-electron chi connectivity index (χ1n) is 7.84. The molecular formula is C17H33NOSi. The monoisotopic (exact) mass is 295 g/mol. The van der Waals surface area contributed by atoms with Crippen LogP contribution in [0.5, 0.6) is 0 Å². The summed E-state index contributed by atoms with van der Waals surface area (Å²) in [7, 11) is -1.99. The van der Waals surface area contributed by atoms with Gasteiger partial charge in [-0.15, -0.1) is 0 Å². The van der Waals surface area contributed by atoms with E-state index in [1.165, 1.54) is 6.42 Å². The van der Waals surface area contributed by atoms with Crippen molar-refractivity contribution in [2.24, 2.45) is 10.8 Å². The lowest BCUT2D eigenvalue weighted by atomic mass is 9.54. The molecule has 0 heterocycles. The molecular weight excluding hydrogens is 262 g/mol. The van der Waals surface area contributed by atoms with Gasteiger partial charge < -0.3 is 4.43 Å². The molecule has 0 aromatic rings. The van der Waals surface area contributed by atoms with Gasteiger partial charge in [0.05, 0.1) is 6.07 Å². The van der Waals surface area contributed by atoms with Gasteiger partial charge in [0.2, 0.25) is 0 Å². The number of hydrogen-bond acceptors (Lipinski definition) is 2. The first kappa shape index (κ1) is 17.7. The molecule has 116 valence electrons. The average Bonchev–Trinajstić information content (AvgIpc) is 2.21. The lowest BCUT2D eigenvalue weighted by molar-refractivity contribution is -0.123. The summed E-state index contributed by atoms with van der Waals surface area (Å²) < 4.78 is 6.79. The van der Waals surface area contributed by atoms with E-state index in [4.69, 9.17) is 4.43 Å². The molecule has 1 rings (SSSR count). The van der Waals surface area contributed by atoms with Gasteiger partial charge in [0.15, 0.2) is 13.9 Å². The maximum absolute atomic E-state index is 10.1. The minimum absolute atomic E-state index is 0.0982. The molecule has 0 N–H and O–H groups in total. The number of nitriles is 1. The zero-order valence-electron chi connectivity index (χ0n) is 15.0. The van der Waals surface area contributed by atoms with E-state index in [-0.39, 0.29) is 15.9 Å². The molecule has 0 unspecified atom stereocenters. The Balaban J connectivity index is 3.35. The molecule has 1 aliphatic carbocycles. The summed E-state index contributed by atoms with van der Waals surface area (Å²) in [5.74, 6) is 0. The topological polar surface area (TPSA) is 33.0 Å². The summed E-state index contributed by atoms with van der Waals surface area (Å²) >= 11 is 0. The molecule has 1 saturated carbocycles. The van der Waals surface area contributed by atoms with Crippen molar-refractivity contribution in [3.63, 3.8) is 0 Å².